The molecule has 0 fully saturated rings. The predicted octanol–water partition coefficient (Wildman–Crippen LogP) is 4.29. The molecule has 3 aromatic rings. The van der Waals surface area contributed by atoms with Crippen molar-refractivity contribution in [3.8, 4) is 0 Å². The average Bonchev–Trinajstić information content (AvgIpc) is 3.11. The normalized spacial score (nSPS) is 12.0. The summed E-state index contributed by atoms with van der Waals surface area (Å²) in [6, 6.07) is 14.4. The number of carbonyl (C=O) groups excluding carboxylic acids is 2. The molecule has 3 rings (SSSR count). The number of halogens is 1. The molecular weight excluding hydrogens is 382 g/mol. The number of hydrogen-bond donors (Lipinski definition) is 1. The third-order valence-electron chi connectivity index (χ3n) is 4.37. The summed E-state index contributed by atoms with van der Waals surface area (Å²) in [4.78, 5) is 30.8. The molecule has 1 heterocycles. The van der Waals surface area contributed by atoms with Crippen LogP contribution in [0.4, 0.5) is 0 Å². The molecule has 1 N–H and O–H groups in total. The SMILES string of the molecule is C[C@H](c1nc2ccccc2s1)N(C)C(=O)CCNC(=O)c1ccc(Cl)cc1. The second-order valence-electron chi connectivity index (χ2n) is 6.21. The Morgan fingerprint density at radius 1 is 1.19 bits per heavy atom. The highest BCUT2D eigenvalue weighted by molar-refractivity contribution is 7.18. The lowest BCUT2D eigenvalue weighted by molar-refractivity contribution is -0.131. The molecule has 1 atom stereocenters. The predicted molar refractivity (Wildman–Crippen MR) is 109 cm³/mol. The Hall–Kier alpha value is -2.44. The molecule has 0 aliphatic rings. The number of nitrogens with one attached hydrogen (secondary N) is 1. The van der Waals surface area contributed by atoms with Gasteiger partial charge in [0, 0.05) is 30.6 Å². The smallest absolute Gasteiger partial charge is 0.251 e. The summed E-state index contributed by atoms with van der Waals surface area (Å²) >= 11 is 7.41. The van der Waals surface area contributed by atoms with Crippen molar-refractivity contribution < 1.29 is 9.59 Å². The van der Waals surface area contributed by atoms with Gasteiger partial charge in [-0.1, -0.05) is 23.7 Å². The van der Waals surface area contributed by atoms with Crippen molar-refractivity contribution in [3.63, 3.8) is 0 Å². The second-order valence-corrected chi connectivity index (χ2v) is 7.71. The van der Waals surface area contributed by atoms with Crippen molar-refractivity contribution in [1.29, 1.82) is 0 Å². The Morgan fingerprint density at radius 2 is 1.89 bits per heavy atom. The Balaban J connectivity index is 1.53. The molecule has 2 amide bonds. The zero-order valence-corrected chi connectivity index (χ0v) is 16.7. The first-order chi connectivity index (χ1) is 13.0. The fraction of sp³-hybridized carbons (Fsp3) is 0.250. The molecule has 2 aromatic carbocycles. The molecule has 0 aliphatic heterocycles. The zero-order chi connectivity index (χ0) is 19.4. The van der Waals surface area contributed by atoms with Crippen LogP contribution < -0.4 is 5.32 Å². The topological polar surface area (TPSA) is 62.3 Å². The van der Waals surface area contributed by atoms with Gasteiger partial charge in [0.15, 0.2) is 0 Å². The number of carbonyl (C=O) groups is 2. The van der Waals surface area contributed by atoms with Gasteiger partial charge in [0.25, 0.3) is 5.91 Å². The Kier molecular flexibility index (Phi) is 6.08. The molecule has 0 saturated carbocycles. The van der Waals surface area contributed by atoms with Crippen molar-refractivity contribution in [2.24, 2.45) is 0 Å². The van der Waals surface area contributed by atoms with Crippen molar-refractivity contribution in [2.75, 3.05) is 13.6 Å². The van der Waals surface area contributed by atoms with Crippen LogP contribution in [0.3, 0.4) is 0 Å². The van der Waals surface area contributed by atoms with E-state index >= 15 is 0 Å². The third-order valence-corrected chi connectivity index (χ3v) is 5.83. The third kappa shape index (κ3) is 4.64. The highest BCUT2D eigenvalue weighted by Gasteiger charge is 2.20. The molecule has 27 heavy (non-hydrogen) atoms. The number of aromatic nitrogens is 1. The molecule has 7 heteroatoms. The van der Waals surface area contributed by atoms with E-state index in [2.05, 4.69) is 10.3 Å². The largest absolute Gasteiger partial charge is 0.352 e. The van der Waals surface area contributed by atoms with Crippen LogP contribution >= 0.6 is 22.9 Å². The molecule has 0 aliphatic carbocycles. The van der Waals surface area contributed by atoms with Gasteiger partial charge in [-0.2, -0.15) is 0 Å². The number of nitrogens with zero attached hydrogens (tertiary/aromatic N) is 2. The monoisotopic (exact) mass is 401 g/mol. The van der Waals surface area contributed by atoms with Gasteiger partial charge in [0.1, 0.15) is 5.01 Å². The van der Waals surface area contributed by atoms with Crippen LogP contribution in [0.5, 0.6) is 0 Å². The molecule has 0 spiro atoms. The van der Waals surface area contributed by atoms with E-state index in [0.717, 1.165) is 15.2 Å². The summed E-state index contributed by atoms with van der Waals surface area (Å²) in [7, 11) is 1.76. The molecule has 0 bridgehead atoms. The summed E-state index contributed by atoms with van der Waals surface area (Å²) < 4.78 is 1.11. The van der Waals surface area contributed by atoms with Crippen LogP contribution in [-0.2, 0) is 4.79 Å². The lowest BCUT2D eigenvalue weighted by atomic mass is 10.2. The van der Waals surface area contributed by atoms with E-state index in [4.69, 9.17) is 11.6 Å². The number of rotatable bonds is 6. The Morgan fingerprint density at radius 3 is 2.59 bits per heavy atom. The highest BCUT2D eigenvalue weighted by atomic mass is 35.5. The average molecular weight is 402 g/mol. The lowest BCUT2D eigenvalue weighted by Crippen LogP contribution is -2.33. The van der Waals surface area contributed by atoms with E-state index in [1.54, 1.807) is 47.5 Å². The standard InChI is InChI=1S/C20H20ClN3O2S/c1-13(20-23-16-5-3-4-6-17(16)27-20)24(2)18(25)11-12-22-19(26)14-7-9-15(21)10-8-14/h3-10,13H,11-12H2,1-2H3,(H,22,26)/t13-/m1/s1. The van der Waals surface area contributed by atoms with Crippen molar-refractivity contribution in [3.05, 3.63) is 64.1 Å². The van der Waals surface area contributed by atoms with Crippen LogP contribution in [0.25, 0.3) is 10.2 Å². The van der Waals surface area contributed by atoms with Crippen LogP contribution in [-0.4, -0.2) is 35.3 Å². The zero-order valence-electron chi connectivity index (χ0n) is 15.1. The molecule has 0 unspecified atom stereocenters. The maximum atomic E-state index is 12.5. The summed E-state index contributed by atoms with van der Waals surface area (Å²) in [6.45, 7) is 2.24. The van der Waals surface area contributed by atoms with Gasteiger partial charge in [0.05, 0.1) is 16.3 Å². The molecule has 140 valence electrons. The first-order valence-electron chi connectivity index (χ1n) is 8.60. The molecule has 5 nitrogen and oxygen atoms in total. The van der Waals surface area contributed by atoms with Gasteiger partial charge in [-0.15, -0.1) is 11.3 Å². The Labute approximate surface area is 167 Å². The summed E-state index contributed by atoms with van der Waals surface area (Å²) in [6.07, 6.45) is 0.227. The highest BCUT2D eigenvalue weighted by Crippen LogP contribution is 2.28. The molecule has 0 radical (unpaired) electrons. The van der Waals surface area contributed by atoms with E-state index < -0.39 is 0 Å². The lowest BCUT2D eigenvalue weighted by Gasteiger charge is -2.23. The van der Waals surface area contributed by atoms with Gasteiger partial charge >= 0.3 is 0 Å². The number of amides is 2. The first-order valence-corrected chi connectivity index (χ1v) is 9.80. The minimum Gasteiger partial charge on any atom is -0.352 e. The van der Waals surface area contributed by atoms with Gasteiger partial charge in [0.2, 0.25) is 5.91 Å². The maximum absolute atomic E-state index is 12.5. The fourth-order valence-electron chi connectivity index (χ4n) is 2.61. The van der Waals surface area contributed by atoms with Crippen LogP contribution in [0.1, 0.15) is 34.8 Å². The number of fused-ring (bicyclic) bond motifs is 1. The number of benzene rings is 2. The van der Waals surface area contributed by atoms with E-state index in [1.807, 2.05) is 31.2 Å². The number of thiazole rings is 1. The van der Waals surface area contributed by atoms with Crippen LogP contribution in [0, 0.1) is 0 Å². The minimum atomic E-state index is -0.221. The van der Waals surface area contributed by atoms with E-state index in [1.165, 1.54) is 0 Å². The van der Waals surface area contributed by atoms with Gasteiger partial charge in [-0.3, -0.25) is 9.59 Å². The van der Waals surface area contributed by atoms with E-state index in [0.29, 0.717) is 10.6 Å². The second kappa shape index (κ2) is 8.50. The van der Waals surface area contributed by atoms with Crippen molar-refractivity contribution >= 4 is 45.0 Å². The van der Waals surface area contributed by atoms with Crippen molar-refractivity contribution in [2.45, 2.75) is 19.4 Å². The Bertz CT molecular complexity index is 922. The van der Waals surface area contributed by atoms with Gasteiger partial charge in [-0.05, 0) is 43.3 Å². The quantitative estimate of drug-likeness (QED) is 0.670. The first kappa shape index (κ1) is 19.3. The summed E-state index contributed by atoms with van der Waals surface area (Å²) in [5.74, 6) is -0.264. The van der Waals surface area contributed by atoms with Gasteiger partial charge in [-0.25, -0.2) is 4.98 Å². The fourth-order valence-corrected chi connectivity index (χ4v) is 3.80. The summed E-state index contributed by atoms with van der Waals surface area (Å²) in [5.41, 5.74) is 1.46. The number of para-hydroxylation sites is 1. The minimum absolute atomic E-state index is 0.0434. The van der Waals surface area contributed by atoms with Gasteiger partial charge < -0.3 is 10.2 Å². The van der Waals surface area contributed by atoms with Crippen molar-refractivity contribution in [1.82, 2.24) is 15.2 Å². The van der Waals surface area contributed by atoms with E-state index in [9.17, 15) is 9.59 Å². The molecule has 1 aromatic heterocycles. The van der Waals surface area contributed by atoms with Crippen LogP contribution in [0.2, 0.25) is 5.02 Å². The van der Waals surface area contributed by atoms with Crippen LogP contribution in [0.15, 0.2) is 48.5 Å². The number of hydrogen-bond acceptors (Lipinski definition) is 4. The molecule has 0 saturated heterocycles. The summed E-state index contributed by atoms with van der Waals surface area (Å²) in [5, 5.41) is 4.24. The molecular formula is C20H20ClN3O2S. The maximum Gasteiger partial charge on any atom is 0.251 e. The van der Waals surface area contributed by atoms with E-state index in [-0.39, 0.29) is 30.8 Å².